The molecule has 136 valence electrons. The summed E-state index contributed by atoms with van der Waals surface area (Å²) in [7, 11) is 0. The van der Waals surface area contributed by atoms with Gasteiger partial charge in [0.1, 0.15) is 5.69 Å². The number of hydrogen-bond donors (Lipinski definition) is 0. The SMILES string of the molecule is CC[N+]([O-])(CC)CCn1nc2c3c(c(C)ccc31)Sc1cc(Cl)ccc1-2. The van der Waals surface area contributed by atoms with E-state index in [2.05, 4.69) is 19.1 Å². The van der Waals surface area contributed by atoms with Crippen LogP contribution in [0.15, 0.2) is 40.1 Å². The second-order valence-corrected chi connectivity index (χ2v) is 8.32. The third-order valence-corrected chi connectivity index (χ3v) is 6.87. The van der Waals surface area contributed by atoms with Gasteiger partial charge in [-0.3, -0.25) is 4.68 Å². The number of fused-ring (bicyclic) bond motifs is 2. The molecule has 4 rings (SSSR count). The molecule has 26 heavy (non-hydrogen) atoms. The van der Waals surface area contributed by atoms with Gasteiger partial charge in [-0.2, -0.15) is 5.10 Å². The molecule has 1 aromatic heterocycles. The van der Waals surface area contributed by atoms with E-state index in [0.29, 0.717) is 26.2 Å². The molecule has 0 N–H and O–H groups in total. The van der Waals surface area contributed by atoms with Crippen LogP contribution in [0.3, 0.4) is 0 Å². The molecular weight excluding hydrogens is 366 g/mol. The summed E-state index contributed by atoms with van der Waals surface area (Å²) in [6.07, 6.45) is 0. The Morgan fingerprint density at radius 2 is 1.96 bits per heavy atom. The second-order valence-electron chi connectivity index (χ2n) is 6.83. The number of likely N-dealkylation sites (N-methyl/N-ethyl adjacent to an activating group) is 1. The molecule has 0 amide bonds. The zero-order valence-electron chi connectivity index (χ0n) is 15.3. The summed E-state index contributed by atoms with van der Waals surface area (Å²) in [4.78, 5) is 2.38. The number of aryl methyl sites for hydroxylation is 1. The van der Waals surface area contributed by atoms with E-state index in [1.54, 1.807) is 11.8 Å². The Balaban J connectivity index is 1.84. The molecule has 0 spiro atoms. The smallest absolute Gasteiger partial charge is 0.102 e. The lowest BCUT2D eigenvalue weighted by atomic mass is 10.1. The zero-order chi connectivity index (χ0) is 18.5. The summed E-state index contributed by atoms with van der Waals surface area (Å²) in [6, 6.07) is 10.2. The Labute approximate surface area is 162 Å². The molecule has 0 saturated carbocycles. The van der Waals surface area contributed by atoms with Gasteiger partial charge >= 0.3 is 0 Å². The highest BCUT2D eigenvalue weighted by Crippen LogP contribution is 2.49. The molecule has 0 atom stereocenters. The largest absolute Gasteiger partial charge is 0.633 e. The van der Waals surface area contributed by atoms with Crippen molar-refractivity contribution in [2.24, 2.45) is 0 Å². The maximum atomic E-state index is 12.7. The molecule has 2 heterocycles. The molecule has 0 unspecified atom stereocenters. The Hall–Kier alpha value is -1.53. The van der Waals surface area contributed by atoms with Crippen molar-refractivity contribution >= 4 is 34.3 Å². The summed E-state index contributed by atoms with van der Waals surface area (Å²) in [5.41, 5.74) is 4.47. The average molecular weight is 388 g/mol. The van der Waals surface area contributed by atoms with Crippen LogP contribution in [0.5, 0.6) is 0 Å². The summed E-state index contributed by atoms with van der Waals surface area (Å²) in [5.74, 6) is 0. The summed E-state index contributed by atoms with van der Waals surface area (Å²) < 4.78 is 1.82. The van der Waals surface area contributed by atoms with E-state index >= 15 is 0 Å². The summed E-state index contributed by atoms with van der Waals surface area (Å²) in [5, 5.41) is 19.5. The fourth-order valence-corrected chi connectivity index (χ4v) is 4.99. The van der Waals surface area contributed by atoms with E-state index in [0.717, 1.165) is 26.7 Å². The summed E-state index contributed by atoms with van der Waals surface area (Å²) >= 11 is 7.97. The highest BCUT2D eigenvalue weighted by molar-refractivity contribution is 7.99. The van der Waals surface area contributed by atoms with E-state index in [9.17, 15) is 5.21 Å². The van der Waals surface area contributed by atoms with Crippen LogP contribution >= 0.6 is 23.4 Å². The van der Waals surface area contributed by atoms with Gasteiger partial charge in [-0.25, -0.2) is 0 Å². The molecule has 4 nitrogen and oxygen atoms in total. The Morgan fingerprint density at radius 3 is 2.69 bits per heavy atom. The number of aromatic nitrogens is 2. The predicted molar refractivity (Wildman–Crippen MR) is 109 cm³/mol. The van der Waals surface area contributed by atoms with Crippen LogP contribution in [0.4, 0.5) is 0 Å². The summed E-state index contributed by atoms with van der Waals surface area (Å²) in [6.45, 7) is 8.37. The van der Waals surface area contributed by atoms with E-state index < -0.39 is 0 Å². The van der Waals surface area contributed by atoms with Crippen LogP contribution in [-0.2, 0) is 6.54 Å². The molecule has 6 heteroatoms. The maximum absolute atomic E-state index is 12.7. The van der Waals surface area contributed by atoms with E-state index in [1.807, 2.05) is 36.7 Å². The zero-order valence-corrected chi connectivity index (χ0v) is 16.8. The minimum Gasteiger partial charge on any atom is -0.633 e. The first-order valence-corrected chi connectivity index (χ1v) is 10.2. The lowest BCUT2D eigenvalue weighted by molar-refractivity contribution is -0.877. The maximum Gasteiger partial charge on any atom is 0.102 e. The molecule has 0 fully saturated rings. The first-order chi connectivity index (χ1) is 12.5. The number of quaternary nitrogens is 1. The lowest BCUT2D eigenvalue weighted by Crippen LogP contribution is -2.44. The number of rotatable bonds is 5. The molecule has 2 aromatic carbocycles. The van der Waals surface area contributed by atoms with Gasteiger partial charge in [-0.1, -0.05) is 35.5 Å². The normalized spacial score (nSPS) is 13.3. The fourth-order valence-electron chi connectivity index (χ4n) is 3.54. The molecular formula is C20H22ClN3OS. The number of nitrogens with zero attached hydrogens (tertiary/aromatic N) is 3. The third kappa shape index (κ3) is 2.83. The first-order valence-electron chi connectivity index (χ1n) is 9.00. The first kappa shape index (κ1) is 17.9. The van der Waals surface area contributed by atoms with Crippen molar-refractivity contribution in [3.8, 4) is 11.3 Å². The molecule has 0 radical (unpaired) electrons. The monoisotopic (exact) mass is 387 g/mol. The highest BCUT2D eigenvalue weighted by Gasteiger charge is 2.25. The van der Waals surface area contributed by atoms with Gasteiger partial charge in [0.15, 0.2) is 0 Å². The number of halogens is 1. The second kappa shape index (κ2) is 6.57. The van der Waals surface area contributed by atoms with E-state index in [4.69, 9.17) is 16.7 Å². The number of hydroxylamine groups is 3. The van der Waals surface area contributed by atoms with Crippen LogP contribution in [0.25, 0.3) is 22.2 Å². The molecule has 1 aliphatic heterocycles. The topological polar surface area (TPSA) is 40.9 Å². The van der Waals surface area contributed by atoms with Crippen molar-refractivity contribution in [2.45, 2.75) is 37.1 Å². The van der Waals surface area contributed by atoms with Gasteiger partial charge in [0, 0.05) is 25.8 Å². The van der Waals surface area contributed by atoms with Crippen LogP contribution in [0.1, 0.15) is 19.4 Å². The van der Waals surface area contributed by atoms with Gasteiger partial charge in [0.05, 0.1) is 31.7 Å². The fraction of sp³-hybridized carbons (Fsp3) is 0.350. The minimum absolute atomic E-state index is 0.184. The van der Waals surface area contributed by atoms with Crippen molar-refractivity contribution in [2.75, 3.05) is 19.6 Å². The predicted octanol–water partition coefficient (Wildman–Crippen LogP) is 5.48. The quantitative estimate of drug-likeness (QED) is 0.336. The van der Waals surface area contributed by atoms with Gasteiger partial charge in [0.2, 0.25) is 0 Å². The molecule has 0 saturated heterocycles. The van der Waals surface area contributed by atoms with Crippen molar-refractivity contribution < 1.29 is 4.65 Å². The Kier molecular flexibility index (Phi) is 4.51. The molecule has 3 aromatic rings. The molecule has 0 bridgehead atoms. The van der Waals surface area contributed by atoms with Crippen LogP contribution in [0, 0.1) is 12.1 Å². The van der Waals surface area contributed by atoms with E-state index in [-0.39, 0.29) is 4.65 Å². The van der Waals surface area contributed by atoms with E-state index in [1.165, 1.54) is 15.8 Å². The van der Waals surface area contributed by atoms with Gasteiger partial charge in [0.25, 0.3) is 0 Å². The lowest BCUT2D eigenvalue weighted by Gasteiger charge is -2.40. The van der Waals surface area contributed by atoms with Crippen molar-refractivity contribution in [1.82, 2.24) is 9.78 Å². The standard InChI is InChI=1S/C20H22ClN3OS/c1-4-24(25,5-2)11-10-23-16-9-6-13(3)20-18(16)19(22-23)15-8-7-14(21)12-17(15)26-20/h6-9,12H,4-5,10-11H2,1-3H3. The van der Waals surface area contributed by atoms with Crippen LogP contribution in [0.2, 0.25) is 5.02 Å². The third-order valence-electron chi connectivity index (χ3n) is 5.35. The van der Waals surface area contributed by atoms with Crippen molar-refractivity contribution in [3.63, 3.8) is 0 Å². The van der Waals surface area contributed by atoms with Crippen molar-refractivity contribution in [3.05, 3.63) is 46.1 Å². The molecule has 0 aliphatic carbocycles. The number of hydrogen-bond acceptors (Lipinski definition) is 3. The Bertz CT molecular complexity index is 994. The molecule has 1 aliphatic rings. The van der Waals surface area contributed by atoms with Crippen molar-refractivity contribution in [1.29, 1.82) is 0 Å². The van der Waals surface area contributed by atoms with Gasteiger partial charge in [-0.15, -0.1) is 0 Å². The van der Waals surface area contributed by atoms with Crippen LogP contribution in [-0.4, -0.2) is 34.1 Å². The van der Waals surface area contributed by atoms with Crippen LogP contribution < -0.4 is 0 Å². The highest BCUT2D eigenvalue weighted by atomic mass is 35.5. The van der Waals surface area contributed by atoms with Gasteiger partial charge < -0.3 is 9.85 Å². The van der Waals surface area contributed by atoms with Gasteiger partial charge in [-0.05, 0) is 44.5 Å². The minimum atomic E-state index is -0.184. The average Bonchev–Trinajstić information content (AvgIpc) is 3.02. The Morgan fingerprint density at radius 1 is 1.19 bits per heavy atom. The number of benzene rings is 2.